The molecule has 0 saturated heterocycles. The molecule has 0 bridgehead atoms. The van der Waals surface area contributed by atoms with Gasteiger partial charge in [0.2, 0.25) is 0 Å². The molecule has 0 unspecified atom stereocenters. The maximum atomic E-state index is 11.6. The van der Waals surface area contributed by atoms with E-state index in [-0.39, 0.29) is 11.0 Å². The second-order valence-electron chi connectivity index (χ2n) is 4.46. The minimum Gasteiger partial charge on any atom is -0.320 e. The lowest BCUT2D eigenvalue weighted by atomic mass is 10.1. The molecule has 1 aromatic heterocycles. The Morgan fingerprint density at radius 3 is 2.28 bits per heavy atom. The number of hydrogen-bond acceptors (Lipinski definition) is 2. The Labute approximate surface area is 106 Å². The predicted molar refractivity (Wildman–Crippen MR) is 71.6 cm³/mol. The fourth-order valence-electron chi connectivity index (χ4n) is 2.16. The standard InChI is InChI=1S/C15H15NO2/c1-10-5-4-6-11(2)15(10)16-8-13(9-17)14(18)7-12(16)3/h4-9H,1-3H3. The third kappa shape index (κ3) is 1.99. The van der Waals surface area contributed by atoms with Crippen molar-refractivity contribution in [3.63, 3.8) is 0 Å². The summed E-state index contributed by atoms with van der Waals surface area (Å²) in [6, 6.07) is 7.52. The first-order chi connectivity index (χ1) is 8.54. The smallest absolute Gasteiger partial charge is 0.192 e. The lowest BCUT2D eigenvalue weighted by molar-refractivity contribution is 0.112. The Balaban J connectivity index is 2.79. The van der Waals surface area contributed by atoms with Crippen LogP contribution in [0.25, 0.3) is 5.69 Å². The minimum atomic E-state index is -0.231. The number of benzene rings is 1. The Morgan fingerprint density at radius 1 is 1.11 bits per heavy atom. The molecule has 0 fully saturated rings. The number of carbonyl (C=O) groups excluding carboxylic acids is 1. The van der Waals surface area contributed by atoms with Gasteiger partial charge in [0, 0.05) is 18.0 Å². The van der Waals surface area contributed by atoms with E-state index in [0.717, 1.165) is 22.5 Å². The first-order valence-corrected chi connectivity index (χ1v) is 5.79. The van der Waals surface area contributed by atoms with Crippen LogP contribution in [0.3, 0.4) is 0 Å². The highest BCUT2D eigenvalue weighted by atomic mass is 16.1. The van der Waals surface area contributed by atoms with Crippen molar-refractivity contribution < 1.29 is 4.79 Å². The summed E-state index contributed by atoms with van der Waals surface area (Å²) in [5.74, 6) is 0. The van der Waals surface area contributed by atoms with Crippen LogP contribution in [0.1, 0.15) is 27.2 Å². The van der Waals surface area contributed by atoms with Crippen molar-refractivity contribution in [2.24, 2.45) is 0 Å². The Bertz CT molecular complexity index is 648. The number of hydrogen-bond donors (Lipinski definition) is 0. The number of carbonyl (C=O) groups is 1. The third-order valence-electron chi connectivity index (χ3n) is 3.08. The summed E-state index contributed by atoms with van der Waals surface area (Å²) < 4.78 is 1.90. The minimum absolute atomic E-state index is 0.184. The van der Waals surface area contributed by atoms with Gasteiger partial charge in [0.25, 0.3) is 0 Å². The van der Waals surface area contributed by atoms with E-state index < -0.39 is 0 Å². The van der Waals surface area contributed by atoms with Crippen LogP contribution in [-0.2, 0) is 0 Å². The SMILES string of the molecule is Cc1cccc(C)c1-n1cc(C=O)c(=O)cc1C. The predicted octanol–water partition coefficient (Wildman–Crippen LogP) is 2.58. The molecule has 0 N–H and O–H groups in total. The monoisotopic (exact) mass is 241 g/mol. The normalized spacial score (nSPS) is 10.4. The molecule has 0 amide bonds. The maximum Gasteiger partial charge on any atom is 0.192 e. The zero-order valence-corrected chi connectivity index (χ0v) is 10.7. The molecule has 3 nitrogen and oxygen atoms in total. The molecule has 0 saturated carbocycles. The van der Waals surface area contributed by atoms with Crippen molar-refractivity contribution in [1.82, 2.24) is 4.57 Å². The number of aromatic nitrogens is 1. The first-order valence-electron chi connectivity index (χ1n) is 5.79. The van der Waals surface area contributed by atoms with Crippen LogP contribution in [0.4, 0.5) is 0 Å². The van der Waals surface area contributed by atoms with E-state index in [9.17, 15) is 9.59 Å². The lowest BCUT2D eigenvalue weighted by Gasteiger charge is -2.16. The topological polar surface area (TPSA) is 39.1 Å². The zero-order chi connectivity index (χ0) is 13.3. The van der Waals surface area contributed by atoms with E-state index >= 15 is 0 Å². The van der Waals surface area contributed by atoms with Gasteiger partial charge < -0.3 is 4.57 Å². The van der Waals surface area contributed by atoms with E-state index in [1.165, 1.54) is 6.07 Å². The number of para-hydroxylation sites is 1. The highest BCUT2D eigenvalue weighted by Crippen LogP contribution is 2.19. The molecule has 0 atom stereocenters. The largest absolute Gasteiger partial charge is 0.320 e. The van der Waals surface area contributed by atoms with Crippen LogP contribution in [0.2, 0.25) is 0 Å². The molecule has 0 spiro atoms. The molecular weight excluding hydrogens is 226 g/mol. The molecule has 2 aromatic rings. The van der Waals surface area contributed by atoms with Crippen molar-refractivity contribution in [1.29, 1.82) is 0 Å². The quantitative estimate of drug-likeness (QED) is 0.758. The van der Waals surface area contributed by atoms with Gasteiger partial charge in [0.15, 0.2) is 11.7 Å². The molecule has 2 rings (SSSR count). The molecule has 0 aliphatic heterocycles. The van der Waals surface area contributed by atoms with Crippen molar-refractivity contribution in [2.75, 3.05) is 0 Å². The van der Waals surface area contributed by atoms with Gasteiger partial charge in [-0.25, -0.2) is 0 Å². The van der Waals surface area contributed by atoms with Gasteiger partial charge in [-0.2, -0.15) is 0 Å². The molecular formula is C15H15NO2. The van der Waals surface area contributed by atoms with Crippen LogP contribution in [0.15, 0.2) is 35.3 Å². The summed E-state index contributed by atoms with van der Waals surface area (Å²) in [7, 11) is 0. The van der Waals surface area contributed by atoms with Crippen molar-refractivity contribution in [3.05, 3.63) is 63.1 Å². The number of nitrogens with zero attached hydrogens (tertiary/aromatic N) is 1. The fourth-order valence-corrected chi connectivity index (χ4v) is 2.16. The van der Waals surface area contributed by atoms with Gasteiger partial charge in [-0.05, 0) is 31.9 Å². The van der Waals surface area contributed by atoms with Crippen LogP contribution < -0.4 is 5.43 Å². The van der Waals surface area contributed by atoms with E-state index in [0.29, 0.717) is 6.29 Å². The van der Waals surface area contributed by atoms with Gasteiger partial charge >= 0.3 is 0 Å². The fraction of sp³-hybridized carbons (Fsp3) is 0.200. The maximum absolute atomic E-state index is 11.6. The Hall–Kier alpha value is -2.16. The van der Waals surface area contributed by atoms with Gasteiger partial charge in [0.1, 0.15) is 0 Å². The molecule has 3 heteroatoms. The van der Waals surface area contributed by atoms with Gasteiger partial charge in [0.05, 0.1) is 11.3 Å². The summed E-state index contributed by atoms with van der Waals surface area (Å²) in [4.78, 5) is 22.5. The summed E-state index contributed by atoms with van der Waals surface area (Å²) >= 11 is 0. The van der Waals surface area contributed by atoms with Gasteiger partial charge in [-0.3, -0.25) is 9.59 Å². The molecule has 0 aliphatic rings. The average Bonchev–Trinajstić information content (AvgIpc) is 2.31. The van der Waals surface area contributed by atoms with Crippen LogP contribution in [0.5, 0.6) is 0 Å². The van der Waals surface area contributed by atoms with E-state index in [4.69, 9.17) is 0 Å². The van der Waals surface area contributed by atoms with Crippen LogP contribution in [-0.4, -0.2) is 10.9 Å². The molecule has 0 aliphatic carbocycles. The third-order valence-corrected chi connectivity index (χ3v) is 3.08. The number of aldehydes is 1. The van der Waals surface area contributed by atoms with Gasteiger partial charge in [-0.1, -0.05) is 18.2 Å². The number of aryl methyl sites for hydroxylation is 3. The molecule has 1 aromatic carbocycles. The Morgan fingerprint density at radius 2 is 1.72 bits per heavy atom. The lowest BCUT2D eigenvalue weighted by Crippen LogP contribution is -2.14. The van der Waals surface area contributed by atoms with E-state index in [1.54, 1.807) is 6.20 Å². The number of rotatable bonds is 2. The van der Waals surface area contributed by atoms with Gasteiger partial charge in [-0.15, -0.1) is 0 Å². The average molecular weight is 241 g/mol. The Kier molecular flexibility index (Phi) is 3.15. The second-order valence-corrected chi connectivity index (χ2v) is 4.46. The summed E-state index contributed by atoms with van der Waals surface area (Å²) in [6.07, 6.45) is 2.21. The van der Waals surface area contributed by atoms with Crippen LogP contribution in [0, 0.1) is 20.8 Å². The molecule has 18 heavy (non-hydrogen) atoms. The molecule has 0 radical (unpaired) electrons. The van der Waals surface area contributed by atoms with Crippen LogP contribution >= 0.6 is 0 Å². The highest BCUT2D eigenvalue weighted by Gasteiger charge is 2.08. The van der Waals surface area contributed by atoms with Crippen molar-refractivity contribution in [3.8, 4) is 5.69 Å². The highest BCUT2D eigenvalue weighted by molar-refractivity contribution is 5.74. The summed E-state index contributed by atoms with van der Waals surface area (Å²) in [5, 5.41) is 0. The number of pyridine rings is 1. The zero-order valence-electron chi connectivity index (χ0n) is 10.7. The first kappa shape index (κ1) is 12.3. The van der Waals surface area contributed by atoms with E-state index in [2.05, 4.69) is 0 Å². The molecule has 1 heterocycles. The summed E-state index contributed by atoms with van der Waals surface area (Å²) in [6.45, 7) is 5.89. The van der Waals surface area contributed by atoms with E-state index in [1.807, 2.05) is 43.5 Å². The van der Waals surface area contributed by atoms with Crippen molar-refractivity contribution in [2.45, 2.75) is 20.8 Å². The van der Waals surface area contributed by atoms with Crippen molar-refractivity contribution >= 4 is 6.29 Å². The summed E-state index contributed by atoms with van der Waals surface area (Å²) in [5.41, 5.74) is 4.02. The molecule has 92 valence electrons. The second kappa shape index (κ2) is 4.61.